The summed E-state index contributed by atoms with van der Waals surface area (Å²) in [5.41, 5.74) is 2.37. The molecule has 14 heteroatoms. The van der Waals surface area contributed by atoms with Crippen LogP contribution >= 0.6 is 0 Å². The van der Waals surface area contributed by atoms with Crippen molar-refractivity contribution in [3.8, 4) is 63.2 Å². The first-order valence-corrected chi connectivity index (χ1v) is 19.5. The summed E-state index contributed by atoms with van der Waals surface area (Å²) in [7, 11) is 0. The molecule has 1 atom stereocenters. The lowest BCUT2D eigenvalue weighted by Gasteiger charge is -2.33. The van der Waals surface area contributed by atoms with Crippen molar-refractivity contribution < 1.29 is 69.4 Å². The predicted octanol–water partition coefficient (Wildman–Crippen LogP) is 8.67. The van der Waals surface area contributed by atoms with Crippen molar-refractivity contribution in [2.45, 2.75) is 31.6 Å². The molecular weight excluding hydrogens is 825 g/mol. The fourth-order valence-electron chi connectivity index (χ4n) is 7.19. The van der Waals surface area contributed by atoms with Gasteiger partial charge in [-0.3, -0.25) is 0 Å². The third kappa shape index (κ3) is 8.74. The lowest BCUT2D eigenvalue weighted by molar-refractivity contribution is 0.0724. The average molecular weight is 865 g/mol. The zero-order valence-electron chi connectivity index (χ0n) is 34.3. The number of phenolic OH excluding ortho intramolecular Hbond substituents is 8. The van der Waals surface area contributed by atoms with Gasteiger partial charge in [-0.05, 0) is 108 Å². The number of carbonyl (C=O) groups excluding carboxylic acids is 3. The molecule has 0 aliphatic heterocycles. The number of hydrogen-bond acceptors (Lipinski definition) is 14. The van der Waals surface area contributed by atoms with E-state index in [0.29, 0.717) is 0 Å². The number of carbonyl (C=O) groups is 3. The highest BCUT2D eigenvalue weighted by Crippen LogP contribution is 2.43. The topological polar surface area (TPSA) is 241 Å². The number of benzene rings is 7. The van der Waals surface area contributed by atoms with Crippen LogP contribution in [0, 0.1) is 0 Å². The molecule has 324 valence electrons. The van der Waals surface area contributed by atoms with Gasteiger partial charge >= 0.3 is 17.9 Å². The quantitative estimate of drug-likeness (QED) is 0.0263. The molecule has 8 N–H and O–H groups in total. The highest BCUT2D eigenvalue weighted by molar-refractivity contribution is 5.94. The van der Waals surface area contributed by atoms with Gasteiger partial charge in [0.2, 0.25) is 0 Å². The lowest BCUT2D eigenvalue weighted by Crippen LogP contribution is -2.26. The zero-order chi connectivity index (χ0) is 46.1. The molecule has 0 spiro atoms. The van der Waals surface area contributed by atoms with Crippen molar-refractivity contribution in [3.63, 3.8) is 0 Å². The van der Waals surface area contributed by atoms with Crippen molar-refractivity contribution in [1.29, 1.82) is 0 Å². The summed E-state index contributed by atoms with van der Waals surface area (Å²) in [6.07, 6.45) is 0. The fraction of sp³-hybridized carbons (Fsp3) is 0.100. The molecule has 0 saturated carbocycles. The van der Waals surface area contributed by atoms with Gasteiger partial charge in [-0.1, -0.05) is 74.5 Å². The molecule has 0 aliphatic carbocycles. The molecule has 14 nitrogen and oxygen atoms in total. The number of rotatable bonds is 11. The molecule has 0 fully saturated rings. The summed E-state index contributed by atoms with van der Waals surface area (Å²) in [5, 5.41) is 78.4. The van der Waals surface area contributed by atoms with E-state index in [1.165, 1.54) is 12.1 Å². The highest BCUT2D eigenvalue weighted by Gasteiger charge is 2.33. The molecule has 0 saturated heterocycles. The van der Waals surface area contributed by atoms with Gasteiger partial charge in [0.1, 0.15) is 28.7 Å². The second-order valence-electron chi connectivity index (χ2n) is 15.5. The Morgan fingerprint density at radius 3 is 0.922 bits per heavy atom. The van der Waals surface area contributed by atoms with Crippen LogP contribution in [0.4, 0.5) is 0 Å². The summed E-state index contributed by atoms with van der Waals surface area (Å²) in [6, 6.07) is 35.7. The molecule has 0 aromatic heterocycles. The molecule has 7 rings (SSSR count). The molecule has 7 aromatic rings. The minimum Gasteiger partial charge on any atom is -0.508 e. The molecule has 0 radical (unpaired) electrons. The largest absolute Gasteiger partial charge is 0.508 e. The van der Waals surface area contributed by atoms with Crippen LogP contribution < -0.4 is 14.2 Å². The summed E-state index contributed by atoms with van der Waals surface area (Å²) in [6.45, 7) is 6.06. The van der Waals surface area contributed by atoms with Gasteiger partial charge in [-0.25, -0.2) is 14.4 Å². The van der Waals surface area contributed by atoms with Crippen molar-refractivity contribution in [2.75, 3.05) is 0 Å². The van der Waals surface area contributed by atoms with E-state index in [1.54, 1.807) is 60.7 Å². The smallest absolute Gasteiger partial charge is 0.343 e. The van der Waals surface area contributed by atoms with Crippen LogP contribution in [-0.4, -0.2) is 58.8 Å². The first-order valence-electron chi connectivity index (χ1n) is 19.5. The maximum atomic E-state index is 12.9. The summed E-state index contributed by atoms with van der Waals surface area (Å²) in [4.78, 5) is 38.5. The van der Waals surface area contributed by atoms with Gasteiger partial charge in [0.25, 0.3) is 0 Å². The van der Waals surface area contributed by atoms with Gasteiger partial charge in [0.05, 0.1) is 16.7 Å². The van der Waals surface area contributed by atoms with E-state index in [9.17, 15) is 55.2 Å². The Hall–Kier alpha value is -8.65. The summed E-state index contributed by atoms with van der Waals surface area (Å²) < 4.78 is 16.5. The van der Waals surface area contributed by atoms with Crippen LogP contribution in [0.15, 0.2) is 140 Å². The zero-order valence-corrected chi connectivity index (χ0v) is 34.3. The van der Waals surface area contributed by atoms with E-state index in [0.717, 1.165) is 58.1 Å². The Morgan fingerprint density at radius 2 is 0.609 bits per heavy atom. The molecule has 0 aliphatic rings. The van der Waals surface area contributed by atoms with Crippen LogP contribution in [-0.2, 0) is 10.8 Å². The van der Waals surface area contributed by atoms with Gasteiger partial charge in [-0.2, -0.15) is 0 Å². The minimum absolute atomic E-state index is 0.0528. The van der Waals surface area contributed by atoms with Crippen LogP contribution in [0.2, 0.25) is 0 Å². The van der Waals surface area contributed by atoms with E-state index in [4.69, 9.17) is 14.2 Å². The van der Waals surface area contributed by atoms with Crippen molar-refractivity contribution in [2.24, 2.45) is 0 Å². The SMILES string of the molecule is CC(C)(c1ccc(OC(=O)c2cc(O)c(O)c(O)c2)cc1)c1ccc(C(C)(c2ccc(OC(=O)c3cc(O)cc(O)c3)cc2)c2ccc(OC(=O)c3cc(O)c(O)c(O)c3)cc2)cc1. The standard InChI is InChI=1S/C50H40O14/c1-49(2,31-8-14-37(15-9-31)63-47(60)28-22-40(53)44(57)41(54)23-28)30-4-6-32(7-5-30)50(3,33-10-16-38(17-11-33)62-46(59)27-20-35(51)26-36(52)21-27)34-12-18-39(19-13-34)64-48(61)29-24-42(55)45(58)43(56)25-29/h4-26,51-58H,1-3H3. The van der Waals surface area contributed by atoms with Crippen LogP contribution in [0.5, 0.6) is 63.2 Å². The van der Waals surface area contributed by atoms with Crippen LogP contribution in [0.3, 0.4) is 0 Å². The fourth-order valence-corrected chi connectivity index (χ4v) is 7.19. The third-order valence-corrected chi connectivity index (χ3v) is 11.0. The monoisotopic (exact) mass is 864 g/mol. The number of hydrogen-bond donors (Lipinski definition) is 8. The molecule has 7 aromatic carbocycles. The number of aromatic hydroxyl groups is 8. The second kappa shape index (κ2) is 17.0. The Balaban J connectivity index is 1.16. The number of ether oxygens (including phenoxy) is 3. The predicted molar refractivity (Wildman–Crippen MR) is 231 cm³/mol. The van der Waals surface area contributed by atoms with Gasteiger partial charge in [0, 0.05) is 16.9 Å². The van der Waals surface area contributed by atoms with E-state index in [-0.39, 0.29) is 45.4 Å². The van der Waals surface area contributed by atoms with E-state index < -0.39 is 63.2 Å². The normalized spacial score (nSPS) is 12.2. The third-order valence-electron chi connectivity index (χ3n) is 11.0. The Morgan fingerprint density at radius 1 is 0.359 bits per heavy atom. The molecule has 64 heavy (non-hydrogen) atoms. The van der Waals surface area contributed by atoms with Gasteiger partial charge in [-0.15, -0.1) is 0 Å². The maximum Gasteiger partial charge on any atom is 0.343 e. The molecule has 0 bridgehead atoms. The Labute approximate surface area is 365 Å². The van der Waals surface area contributed by atoms with Gasteiger partial charge < -0.3 is 55.1 Å². The van der Waals surface area contributed by atoms with E-state index >= 15 is 0 Å². The van der Waals surface area contributed by atoms with E-state index in [2.05, 4.69) is 0 Å². The minimum atomic E-state index is -0.891. The maximum absolute atomic E-state index is 12.9. The van der Waals surface area contributed by atoms with Gasteiger partial charge in [0.15, 0.2) is 34.5 Å². The first-order chi connectivity index (χ1) is 30.3. The van der Waals surface area contributed by atoms with Crippen LogP contribution in [0.25, 0.3) is 0 Å². The van der Waals surface area contributed by atoms with E-state index in [1.807, 2.05) is 57.2 Å². The van der Waals surface area contributed by atoms with Crippen molar-refractivity contribution in [3.05, 3.63) is 184 Å². The van der Waals surface area contributed by atoms with Crippen molar-refractivity contribution in [1.82, 2.24) is 0 Å². The highest BCUT2D eigenvalue weighted by atomic mass is 16.5. The first kappa shape index (κ1) is 43.4. The molecule has 1 unspecified atom stereocenters. The number of phenols is 8. The number of esters is 3. The average Bonchev–Trinajstić information content (AvgIpc) is 3.27. The Kier molecular flexibility index (Phi) is 11.5. The van der Waals surface area contributed by atoms with Crippen molar-refractivity contribution >= 4 is 17.9 Å². The second-order valence-corrected chi connectivity index (χ2v) is 15.5. The summed E-state index contributed by atoms with van der Waals surface area (Å²) in [5.74, 6) is -6.83. The van der Waals surface area contributed by atoms with Crippen LogP contribution in [0.1, 0.15) is 79.7 Å². The summed E-state index contributed by atoms with van der Waals surface area (Å²) >= 11 is 0. The lowest BCUT2D eigenvalue weighted by atomic mass is 9.70. The molecule has 0 amide bonds. The molecule has 0 heterocycles. The molecular formula is C50H40O14. The Bertz CT molecular complexity index is 2840.